The van der Waals surface area contributed by atoms with Crippen molar-refractivity contribution in [2.24, 2.45) is 5.92 Å². The number of nitriles is 1. The maximum atomic E-state index is 12.7. The van der Waals surface area contributed by atoms with E-state index in [1.54, 1.807) is 41.3 Å². The standard InChI is InChI=1S/C20H17Cl2N3O3/c21-17-5-4-14(11-18(17)22)25-8-6-16(20(25)27)19(26)24-12-13-2-1-3-15(10-13)28-9-7-23/h1-5,10-11,16H,6,8-9,12H2,(H,24,26). The summed E-state index contributed by atoms with van der Waals surface area (Å²) in [6, 6.07) is 13.9. The number of amides is 2. The van der Waals surface area contributed by atoms with Crippen molar-refractivity contribution in [1.82, 2.24) is 5.32 Å². The highest BCUT2D eigenvalue weighted by Gasteiger charge is 2.37. The van der Waals surface area contributed by atoms with Crippen LogP contribution >= 0.6 is 23.2 Å². The van der Waals surface area contributed by atoms with Crippen molar-refractivity contribution in [1.29, 1.82) is 5.26 Å². The van der Waals surface area contributed by atoms with Gasteiger partial charge in [-0.25, -0.2) is 0 Å². The van der Waals surface area contributed by atoms with Crippen molar-refractivity contribution in [3.63, 3.8) is 0 Å². The van der Waals surface area contributed by atoms with Gasteiger partial charge in [-0.05, 0) is 42.3 Å². The van der Waals surface area contributed by atoms with E-state index in [1.807, 2.05) is 12.1 Å². The maximum absolute atomic E-state index is 12.7. The van der Waals surface area contributed by atoms with Crippen molar-refractivity contribution < 1.29 is 14.3 Å². The van der Waals surface area contributed by atoms with Crippen LogP contribution in [0.15, 0.2) is 42.5 Å². The number of halogens is 2. The van der Waals surface area contributed by atoms with E-state index in [0.717, 1.165) is 5.56 Å². The van der Waals surface area contributed by atoms with Gasteiger partial charge in [0.05, 0.1) is 10.0 Å². The monoisotopic (exact) mass is 417 g/mol. The maximum Gasteiger partial charge on any atom is 0.239 e. The number of rotatable bonds is 6. The molecule has 2 aromatic rings. The SMILES string of the molecule is N#CCOc1cccc(CNC(=O)C2CCN(c3ccc(Cl)c(Cl)c3)C2=O)c1. The Morgan fingerprint density at radius 2 is 2.07 bits per heavy atom. The van der Waals surface area contributed by atoms with Crippen LogP contribution in [0.4, 0.5) is 5.69 Å². The molecule has 144 valence electrons. The van der Waals surface area contributed by atoms with Gasteiger partial charge in [0.1, 0.15) is 17.7 Å². The van der Waals surface area contributed by atoms with Gasteiger partial charge in [0, 0.05) is 18.8 Å². The zero-order valence-corrected chi connectivity index (χ0v) is 16.3. The molecule has 28 heavy (non-hydrogen) atoms. The number of ether oxygens (including phenoxy) is 1. The fourth-order valence-corrected chi connectivity index (χ4v) is 3.30. The molecule has 1 heterocycles. The van der Waals surface area contributed by atoms with Gasteiger partial charge in [0.15, 0.2) is 6.61 Å². The number of nitrogens with zero attached hydrogens (tertiary/aromatic N) is 2. The van der Waals surface area contributed by atoms with Crippen LogP contribution in [0.2, 0.25) is 10.0 Å². The molecule has 1 saturated heterocycles. The Balaban J connectivity index is 1.60. The number of hydrogen-bond donors (Lipinski definition) is 1. The van der Waals surface area contributed by atoms with Crippen molar-refractivity contribution in [2.75, 3.05) is 18.1 Å². The first-order chi connectivity index (χ1) is 13.5. The smallest absolute Gasteiger partial charge is 0.239 e. The number of carbonyl (C=O) groups excluding carboxylic acids is 2. The molecule has 0 saturated carbocycles. The van der Waals surface area contributed by atoms with E-state index in [9.17, 15) is 9.59 Å². The Morgan fingerprint density at radius 3 is 2.82 bits per heavy atom. The molecule has 2 amide bonds. The van der Waals surface area contributed by atoms with Gasteiger partial charge in [0.25, 0.3) is 0 Å². The predicted octanol–water partition coefficient (Wildman–Crippen LogP) is 3.57. The lowest BCUT2D eigenvalue weighted by molar-refractivity contribution is -0.132. The van der Waals surface area contributed by atoms with Crippen LogP contribution < -0.4 is 15.0 Å². The van der Waals surface area contributed by atoms with E-state index in [4.69, 9.17) is 33.2 Å². The summed E-state index contributed by atoms with van der Waals surface area (Å²) in [4.78, 5) is 26.7. The molecule has 1 aliphatic rings. The molecule has 0 bridgehead atoms. The minimum absolute atomic E-state index is 0.0447. The molecule has 1 fully saturated rings. The highest BCUT2D eigenvalue weighted by Crippen LogP contribution is 2.31. The molecule has 3 rings (SSSR count). The number of benzene rings is 2. The number of anilines is 1. The highest BCUT2D eigenvalue weighted by molar-refractivity contribution is 6.42. The van der Waals surface area contributed by atoms with Gasteiger partial charge in [0.2, 0.25) is 11.8 Å². The average molecular weight is 418 g/mol. The van der Waals surface area contributed by atoms with Crippen molar-refractivity contribution in [2.45, 2.75) is 13.0 Å². The first-order valence-corrected chi connectivity index (χ1v) is 9.38. The van der Waals surface area contributed by atoms with E-state index < -0.39 is 5.92 Å². The normalized spacial score (nSPS) is 16.0. The predicted molar refractivity (Wildman–Crippen MR) is 106 cm³/mol. The third kappa shape index (κ3) is 4.56. The van der Waals surface area contributed by atoms with Gasteiger partial charge in [-0.2, -0.15) is 5.26 Å². The van der Waals surface area contributed by atoms with Crippen LogP contribution in [0.1, 0.15) is 12.0 Å². The van der Waals surface area contributed by atoms with Gasteiger partial charge in [-0.1, -0.05) is 35.3 Å². The minimum Gasteiger partial charge on any atom is -0.479 e. The van der Waals surface area contributed by atoms with Gasteiger partial charge in [-0.15, -0.1) is 0 Å². The summed E-state index contributed by atoms with van der Waals surface area (Å²) in [5.74, 6) is -0.776. The number of nitrogens with one attached hydrogen (secondary N) is 1. The lowest BCUT2D eigenvalue weighted by atomic mass is 10.1. The molecule has 2 aromatic carbocycles. The molecular weight excluding hydrogens is 401 g/mol. The zero-order chi connectivity index (χ0) is 20.1. The molecule has 1 aliphatic heterocycles. The Kier molecular flexibility index (Phi) is 6.40. The van der Waals surface area contributed by atoms with Gasteiger partial charge >= 0.3 is 0 Å². The number of hydrogen-bond acceptors (Lipinski definition) is 4. The summed E-state index contributed by atoms with van der Waals surface area (Å²) >= 11 is 11.9. The minimum atomic E-state index is -0.743. The molecule has 6 nitrogen and oxygen atoms in total. The first-order valence-electron chi connectivity index (χ1n) is 8.62. The summed E-state index contributed by atoms with van der Waals surface area (Å²) < 4.78 is 5.25. The molecule has 1 N–H and O–H groups in total. The fourth-order valence-electron chi connectivity index (χ4n) is 3.01. The molecular formula is C20H17Cl2N3O3. The fraction of sp³-hybridized carbons (Fsp3) is 0.250. The van der Waals surface area contributed by atoms with E-state index in [-0.39, 0.29) is 25.0 Å². The third-order valence-electron chi connectivity index (χ3n) is 4.41. The molecule has 1 atom stereocenters. The van der Waals surface area contributed by atoms with E-state index >= 15 is 0 Å². The molecule has 8 heteroatoms. The summed E-state index contributed by atoms with van der Waals surface area (Å²) in [5.41, 5.74) is 1.44. The van der Waals surface area contributed by atoms with Crippen LogP contribution in [0.5, 0.6) is 5.75 Å². The summed E-state index contributed by atoms with van der Waals surface area (Å²) in [6.07, 6.45) is 0.427. The van der Waals surface area contributed by atoms with E-state index in [2.05, 4.69) is 5.32 Å². The second-order valence-electron chi connectivity index (χ2n) is 6.24. The van der Waals surface area contributed by atoms with Crippen LogP contribution in [0, 0.1) is 17.2 Å². The molecule has 0 spiro atoms. The van der Waals surface area contributed by atoms with Crippen LogP contribution in [-0.2, 0) is 16.1 Å². The van der Waals surface area contributed by atoms with Gasteiger partial charge < -0.3 is 15.0 Å². The Bertz CT molecular complexity index is 943. The molecule has 0 radical (unpaired) electrons. The lowest BCUT2D eigenvalue weighted by Gasteiger charge is -2.17. The van der Waals surface area contributed by atoms with Crippen LogP contribution in [0.3, 0.4) is 0 Å². The Morgan fingerprint density at radius 1 is 1.25 bits per heavy atom. The van der Waals surface area contributed by atoms with Crippen molar-refractivity contribution in [3.8, 4) is 11.8 Å². The van der Waals surface area contributed by atoms with Crippen molar-refractivity contribution >= 4 is 40.7 Å². The second kappa shape index (κ2) is 8.96. The third-order valence-corrected chi connectivity index (χ3v) is 5.14. The Hall–Kier alpha value is -2.75. The Labute approximate surface area is 172 Å². The number of carbonyl (C=O) groups is 2. The van der Waals surface area contributed by atoms with E-state index in [1.165, 1.54) is 0 Å². The van der Waals surface area contributed by atoms with Crippen molar-refractivity contribution in [3.05, 3.63) is 58.1 Å². The van der Waals surface area contributed by atoms with E-state index in [0.29, 0.717) is 34.4 Å². The first kappa shape index (κ1) is 20.0. The lowest BCUT2D eigenvalue weighted by Crippen LogP contribution is -2.36. The summed E-state index contributed by atoms with van der Waals surface area (Å²) in [5, 5.41) is 12.1. The van der Waals surface area contributed by atoms with Crippen LogP contribution in [0.25, 0.3) is 0 Å². The second-order valence-corrected chi connectivity index (χ2v) is 7.06. The quantitative estimate of drug-likeness (QED) is 0.728. The molecule has 0 aromatic heterocycles. The summed E-state index contributed by atoms with van der Waals surface area (Å²) in [6.45, 7) is 0.655. The topological polar surface area (TPSA) is 82.4 Å². The highest BCUT2D eigenvalue weighted by atomic mass is 35.5. The largest absolute Gasteiger partial charge is 0.479 e. The average Bonchev–Trinajstić information content (AvgIpc) is 3.08. The molecule has 1 unspecified atom stereocenters. The van der Waals surface area contributed by atoms with Gasteiger partial charge in [-0.3, -0.25) is 9.59 Å². The summed E-state index contributed by atoms with van der Waals surface area (Å²) in [7, 11) is 0. The van der Waals surface area contributed by atoms with Crippen LogP contribution in [-0.4, -0.2) is 25.0 Å². The molecule has 0 aliphatic carbocycles. The zero-order valence-electron chi connectivity index (χ0n) is 14.8.